The first kappa shape index (κ1) is 8.44. The molecule has 1 rings (SSSR count). The Morgan fingerprint density at radius 3 is 2.64 bits per heavy atom. The topological polar surface area (TPSA) is 0 Å². The molecule has 0 aromatic carbocycles. The van der Waals surface area contributed by atoms with Crippen molar-refractivity contribution in [3.05, 3.63) is 23.3 Å². The summed E-state index contributed by atoms with van der Waals surface area (Å²) in [6.07, 6.45) is 2.29. The first-order chi connectivity index (χ1) is 5.15. The van der Waals surface area contributed by atoms with Gasteiger partial charge < -0.3 is 0 Å². The van der Waals surface area contributed by atoms with Gasteiger partial charge in [0, 0.05) is 12.0 Å². The first-order valence-corrected chi connectivity index (χ1v) is 3.90. The molecular formula is C9H12F2. The molecule has 0 spiro atoms. The first-order valence-electron chi connectivity index (χ1n) is 3.90. The quantitative estimate of drug-likeness (QED) is 0.547. The lowest BCUT2D eigenvalue weighted by molar-refractivity contribution is 0.488. The summed E-state index contributed by atoms with van der Waals surface area (Å²) in [6.45, 7) is 3.57. The number of hydrogen-bond acceptors (Lipinski definition) is 0. The van der Waals surface area contributed by atoms with E-state index >= 15 is 0 Å². The van der Waals surface area contributed by atoms with Gasteiger partial charge in [-0.2, -0.15) is 0 Å². The predicted octanol–water partition coefficient (Wildman–Crippen LogP) is 3.51. The van der Waals surface area contributed by atoms with Gasteiger partial charge in [-0.25, -0.2) is 8.78 Å². The molecule has 11 heavy (non-hydrogen) atoms. The van der Waals surface area contributed by atoms with Crippen LogP contribution in [0.4, 0.5) is 8.78 Å². The van der Waals surface area contributed by atoms with Crippen LogP contribution in [0.15, 0.2) is 23.3 Å². The van der Waals surface area contributed by atoms with Crippen LogP contribution in [0.5, 0.6) is 0 Å². The lowest BCUT2D eigenvalue weighted by atomic mass is 9.95. The molecule has 62 valence electrons. The van der Waals surface area contributed by atoms with Crippen LogP contribution < -0.4 is 0 Å². The van der Waals surface area contributed by atoms with Crippen LogP contribution in [-0.2, 0) is 0 Å². The van der Waals surface area contributed by atoms with Crippen LogP contribution in [0.25, 0.3) is 0 Å². The fourth-order valence-corrected chi connectivity index (χ4v) is 1.31. The van der Waals surface area contributed by atoms with E-state index in [2.05, 4.69) is 0 Å². The molecule has 0 bridgehead atoms. The third kappa shape index (κ3) is 1.67. The van der Waals surface area contributed by atoms with Crippen molar-refractivity contribution in [2.75, 3.05) is 0 Å². The Morgan fingerprint density at radius 1 is 1.55 bits per heavy atom. The molecule has 1 aliphatic carbocycles. The fraction of sp³-hybridized carbons (Fsp3) is 0.556. The summed E-state index contributed by atoms with van der Waals surface area (Å²) in [5, 5.41) is 0. The van der Waals surface area contributed by atoms with E-state index in [0.29, 0.717) is 12.8 Å². The summed E-state index contributed by atoms with van der Waals surface area (Å²) in [5.74, 6) is -0.644. The predicted molar refractivity (Wildman–Crippen MR) is 41.4 cm³/mol. The summed E-state index contributed by atoms with van der Waals surface area (Å²) in [6, 6.07) is 0. The molecule has 0 N–H and O–H groups in total. The molecule has 0 heterocycles. The minimum absolute atomic E-state index is 0.00491. The molecule has 2 heteroatoms. The third-order valence-electron chi connectivity index (χ3n) is 1.90. The van der Waals surface area contributed by atoms with Crippen LogP contribution in [0.1, 0.15) is 26.7 Å². The van der Waals surface area contributed by atoms with E-state index in [9.17, 15) is 8.78 Å². The Kier molecular flexibility index (Phi) is 2.42. The lowest BCUT2D eigenvalue weighted by Gasteiger charge is -2.14. The van der Waals surface area contributed by atoms with Gasteiger partial charge in [0.15, 0.2) is 0 Å². The molecule has 0 saturated carbocycles. The van der Waals surface area contributed by atoms with Gasteiger partial charge in [-0.05, 0) is 18.4 Å². The average Bonchev–Trinajstić information content (AvgIpc) is 1.85. The zero-order valence-corrected chi connectivity index (χ0v) is 6.82. The van der Waals surface area contributed by atoms with Crippen molar-refractivity contribution in [3.8, 4) is 0 Å². The number of hydrogen-bond donors (Lipinski definition) is 0. The SMILES string of the molecule is CCC1=C(F)CC(C)C=C1F. The van der Waals surface area contributed by atoms with Gasteiger partial charge in [0.2, 0.25) is 0 Å². The van der Waals surface area contributed by atoms with Gasteiger partial charge in [0.05, 0.1) is 0 Å². The van der Waals surface area contributed by atoms with Gasteiger partial charge in [-0.1, -0.05) is 13.8 Å². The zero-order chi connectivity index (χ0) is 8.43. The van der Waals surface area contributed by atoms with Gasteiger partial charge in [0.1, 0.15) is 11.7 Å². The van der Waals surface area contributed by atoms with Crippen molar-refractivity contribution in [2.24, 2.45) is 5.92 Å². The van der Waals surface area contributed by atoms with E-state index < -0.39 is 0 Å². The number of rotatable bonds is 1. The van der Waals surface area contributed by atoms with Gasteiger partial charge in [0.25, 0.3) is 0 Å². The molecule has 1 aliphatic rings. The summed E-state index contributed by atoms with van der Waals surface area (Å²) >= 11 is 0. The Morgan fingerprint density at radius 2 is 2.18 bits per heavy atom. The summed E-state index contributed by atoms with van der Waals surface area (Å²) in [7, 11) is 0. The molecule has 0 amide bonds. The molecule has 0 aliphatic heterocycles. The molecule has 1 atom stereocenters. The van der Waals surface area contributed by atoms with Crippen molar-refractivity contribution in [1.29, 1.82) is 0 Å². The zero-order valence-electron chi connectivity index (χ0n) is 6.82. The van der Waals surface area contributed by atoms with Crippen molar-refractivity contribution in [3.63, 3.8) is 0 Å². The molecule has 0 aromatic rings. The molecular weight excluding hydrogens is 146 g/mol. The van der Waals surface area contributed by atoms with Crippen molar-refractivity contribution < 1.29 is 8.78 Å². The number of allylic oxidation sites excluding steroid dienone is 4. The van der Waals surface area contributed by atoms with Gasteiger partial charge in [-0.15, -0.1) is 0 Å². The van der Waals surface area contributed by atoms with Gasteiger partial charge >= 0.3 is 0 Å². The van der Waals surface area contributed by atoms with Gasteiger partial charge in [-0.3, -0.25) is 0 Å². The van der Waals surface area contributed by atoms with E-state index in [1.165, 1.54) is 6.08 Å². The van der Waals surface area contributed by atoms with Crippen LogP contribution in [0, 0.1) is 5.92 Å². The average molecular weight is 158 g/mol. The molecule has 0 aromatic heterocycles. The summed E-state index contributed by atoms with van der Waals surface area (Å²) < 4.78 is 25.9. The van der Waals surface area contributed by atoms with Crippen molar-refractivity contribution in [1.82, 2.24) is 0 Å². The maximum atomic E-state index is 12.9. The van der Waals surface area contributed by atoms with Crippen LogP contribution in [0.3, 0.4) is 0 Å². The highest BCUT2D eigenvalue weighted by atomic mass is 19.1. The minimum Gasteiger partial charge on any atom is -0.211 e. The van der Waals surface area contributed by atoms with E-state index in [1.807, 2.05) is 6.92 Å². The fourth-order valence-electron chi connectivity index (χ4n) is 1.31. The smallest absolute Gasteiger partial charge is 0.125 e. The molecule has 0 fully saturated rings. The summed E-state index contributed by atoms with van der Waals surface area (Å²) in [5.41, 5.74) is 0.253. The Balaban J connectivity index is 2.90. The van der Waals surface area contributed by atoms with Crippen LogP contribution in [-0.4, -0.2) is 0 Å². The second-order valence-corrected chi connectivity index (χ2v) is 2.93. The Bertz CT molecular complexity index is 214. The van der Waals surface area contributed by atoms with Crippen LogP contribution >= 0.6 is 0 Å². The van der Waals surface area contributed by atoms with E-state index in [4.69, 9.17) is 0 Å². The summed E-state index contributed by atoms with van der Waals surface area (Å²) in [4.78, 5) is 0. The third-order valence-corrected chi connectivity index (χ3v) is 1.90. The highest BCUT2D eigenvalue weighted by Crippen LogP contribution is 2.31. The van der Waals surface area contributed by atoms with Crippen molar-refractivity contribution >= 4 is 0 Å². The standard InChI is InChI=1S/C9H12F2/c1-3-7-8(10)4-6(2)5-9(7)11/h4,6H,3,5H2,1-2H3. The monoisotopic (exact) mass is 158 g/mol. The normalized spacial score (nSPS) is 25.5. The largest absolute Gasteiger partial charge is 0.211 e. The van der Waals surface area contributed by atoms with E-state index in [0.717, 1.165) is 0 Å². The molecule has 0 nitrogen and oxygen atoms in total. The van der Waals surface area contributed by atoms with E-state index in [1.54, 1.807) is 6.92 Å². The van der Waals surface area contributed by atoms with Crippen molar-refractivity contribution in [2.45, 2.75) is 26.7 Å². The maximum Gasteiger partial charge on any atom is 0.125 e. The molecule has 0 radical (unpaired) electrons. The lowest BCUT2D eigenvalue weighted by Crippen LogP contribution is -2.02. The Hall–Kier alpha value is -0.660. The Labute approximate surface area is 65.6 Å². The highest BCUT2D eigenvalue weighted by molar-refractivity contribution is 5.31. The van der Waals surface area contributed by atoms with Crippen LogP contribution in [0.2, 0.25) is 0 Å². The second kappa shape index (κ2) is 3.16. The molecule has 1 unspecified atom stereocenters. The van der Waals surface area contributed by atoms with E-state index in [-0.39, 0.29) is 23.1 Å². The highest BCUT2D eigenvalue weighted by Gasteiger charge is 2.18. The minimum atomic E-state index is -0.372. The maximum absolute atomic E-state index is 12.9. The number of halogens is 2. The second-order valence-electron chi connectivity index (χ2n) is 2.93. The molecule has 0 saturated heterocycles.